The number of amides is 1. The first kappa shape index (κ1) is 20.1. The van der Waals surface area contributed by atoms with Crippen molar-refractivity contribution in [2.24, 2.45) is 0 Å². The van der Waals surface area contributed by atoms with Crippen LogP contribution in [0, 0.1) is 13.8 Å². The van der Waals surface area contributed by atoms with E-state index in [4.69, 9.17) is 4.52 Å². The molecule has 0 radical (unpaired) electrons. The third-order valence-electron chi connectivity index (χ3n) is 5.20. The van der Waals surface area contributed by atoms with Gasteiger partial charge in [0.2, 0.25) is 0 Å². The van der Waals surface area contributed by atoms with E-state index in [1.807, 2.05) is 62.4 Å². The normalized spacial score (nSPS) is 12.2. The van der Waals surface area contributed by atoms with E-state index in [9.17, 15) is 4.79 Å². The summed E-state index contributed by atoms with van der Waals surface area (Å²) in [6.45, 7) is 4.29. The molecule has 4 heterocycles. The highest BCUT2D eigenvalue weighted by atomic mass is 32.1. The summed E-state index contributed by atoms with van der Waals surface area (Å²) < 4.78 is 7.12. The predicted octanol–water partition coefficient (Wildman–Crippen LogP) is 4.33. The van der Waals surface area contributed by atoms with Crippen LogP contribution >= 0.6 is 11.3 Å². The van der Waals surface area contributed by atoms with Gasteiger partial charge in [-0.25, -0.2) is 9.97 Å². The van der Waals surface area contributed by atoms with Crippen LogP contribution in [-0.4, -0.2) is 30.8 Å². The highest BCUT2D eigenvalue weighted by Crippen LogP contribution is 2.31. The van der Waals surface area contributed by atoms with E-state index in [0.717, 1.165) is 10.4 Å². The molecule has 0 saturated carbocycles. The van der Waals surface area contributed by atoms with Crippen LogP contribution in [0.15, 0.2) is 65.7 Å². The van der Waals surface area contributed by atoms with Gasteiger partial charge >= 0.3 is 0 Å². The van der Waals surface area contributed by atoms with Crippen LogP contribution in [0.25, 0.3) is 21.7 Å². The topological polar surface area (TPSA) is 98.7 Å². The second-order valence-corrected chi connectivity index (χ2v) is 8.76. The van der Waals surface area contributed by atoms with Crippen molar-refractivity contribution >= 4 is 28.3 Å². The van der Waals surface area contributed by atoms with Crippen molar-refractivity contribution in [1.82, 2.24) is 30.2 Å². The van der Waals surface area contributed by atoms with Gasteiger partial charge in [-0.15, -0.1) is 11.3 Å². The summed E-state index contributed by atoms with van der Waals surface area (Å²) in [5.74, 6) is -0.229. The summed E-state index contributed by atoms with van der Waals surface area (Å²) in [5.41, 5.74) is 3.11. The second kappa shape index (κ2) is 8.35. The quantitative estimate of drug-likeness (QED) is 0.419. The Morgan fingerprint density at radius 2 is 2.03 bits per heavy atom. The monoisotopic (exact) mass is 444 g/mol. The van der Waals surface area contributed by atoms with Gasteiger partial charge in [0.05, 0.1) is 39.8 Å². The van der Waals surface area contributed by atoms with Crippen LogP contribution in [0.4, 0.5) is 0 Å². The molecule has 160 valence electrons. The molecule has 1 amide bonds. The summed E-state index contributed by atoms with van der Waals surface area (Å²) in [4.78, 5) is 24.3. The first-order valence-electron chi connectivity index (χ1n) is 10.1. The molecular formula is C23H20N6O2S. The molecule has 0 aliphatic heterocycles. The molecule has 9 heteroatoms. The summed E-state index contributed by atoms with van der Waals surface area (Å²) in [6, 6.07) is 15.3. The van der Waals surface area contributed by atoms with Crippen molar-refractivity contribution in [2.45, 2.75) is 26.4 Å². The minimum atomic E-state index is -0.304. The molecule has 4 aromatic heterocycles. The Kier molecular flexibility index (Phi) is 5.24. The highest BCUT2D eigenvalue weighted by molar-refractivity contribution is 7.15. The Morgan fingerprint density at radius 1 is 1.19 bits per heavy atom. The number of nitrogens with zero attached hydrogens (tertiary/aromatic N) is 5. The first-order valence-corrected chi connectivity index (χ1v) is 10.9. The number of aromatic nitrogens is 5. The Morgan fingerprint density at radius 3 is 2.75 bits per heavy atom. The number of thiophene rings is 1. The summed E-state index contributed by atoms with van der Waals surface area (Å²) in [5, 5.41) is 12.0. The molecular weight excluding hydrogens is 424 g/mol. The van der Waals surface area contributed by atoms with Crippen molar-refractivity contribution in [1.29, 1.82) is 0 Å². The van der Waals surface area contributed by atoms with Gasteiger partial charge in [-0.05, 0) is 37.6 Å². The number of carbonyl (C=O) groups excluding carboxylic acids is 1. The number of fused-ring (bicyclic) bond motifs is 1. The number of pyridine rings is 1. The fourth-order valence-electron chi connectivity index (χ4n) is 3.64. The molecule has 0 spiro atoms. The first-order chi connectivity index (χ1) is 15.6. The van der Waals surface area contributed by atoms with Gasteiger partial charge in [-0.2, -0.15) is 5.10 Å². The smallest absolute Gasteiger partial charge is 0.259 e. The molecule has 1 aromatic carbocycles. The van der Waals surface area contributed by atoms with Gasteiger partial charge in [0, 0.05) is 4.88 Å². The van der Waals surface area contributed by atoms with E-state index in [-0.39, 0.29) is 11.9 Å². The van der Waals surface area contributed by atoms with Gasteiger partial charge in [-0.1, -0.05) is 35.5 Å². The molecule has 0 bridgehead atoms. The van der Waals surface area contributed by atoms with Crippen molar-refractivity contribution in [3.05, 3.63) is 82.9 Å². The lowest BCUT2D eigenvalue weighted by molar-refractivity contribution is 0.0933. The van der Waals surface area contributed by atoms with Gasteiger partial charge in [0.15, 0.2) is 0 Å². The zero-order chi connectivity index (χ0) is 22.1. The van der Waals surface area contributed by atoms with E-state index in [1.165, 1.54) is 11.2 Å². The lowest BCUT2D eigenvalue weighted by Crippen LogP contribution is -2.32. The predicted molar refractivity (Wildman–Crippen MR) is 121 cm³/mol. The third kappa shape index (κ3) is 3.90. The van der Waals surface area contributed by atoms with Crippen LogP contribution in [0.3, 0.4) is 0 Å². The zero-order valence-electron chi connectivity index (χ0n) is 17.5. The number of hydrogen-bond acceptors (Lipinski definition) is 7. The molecule has 5 aromatic rings. The van der Waals surface area contributed by atoms with E-state index in [2.05, 4.69) is 25.5 Å². The average Bonchev–Trinajstić information content (AvgIpc) is 3.55. The lowest BCUT2D eigenvalue weighted by Gasteiger charge is -2.19. The molecule has 1 unspecified atom stereocenters. The molecule has 0 aliphatic carbocycles. The standard InChI is InChI=1S/C23H20N6O2S/c1-14-8-9-20(32-14)18-10-17(21-15(2)28-31-23(21)27-18)22(30)26-19(11-29-13-24-12-25-29)16-6-4-3-5-7-16/h3-10,12-13,19H,11H2,1-2H3,(H,26,30). The van der Waals surface area contributed by atoms with Crippen molar-refractivity contribution in [2.75, 3.05) is 0 Å². The van der Waals surface area contributed by atoms with Crippen LogP contribution in [0.2, 0.25) is 0 Å². The molecule has 5 rings (SSSR count). The number of hydrogen-bond donors (Lipinski definition) is 1. The molecule has 32 heavy (non-hydrogen) atoms. The van der Waals surface area contributed by atoms with Crippen molar-refractivity contribution < 1.29 is 9.32 Å². The Hall–Kier alpha value is -3.85. The van der Waals surface area contributed by atoms with E-state index in [1.54, 1.807) is 22.3 Å². The zero-order valence-corrected chi connectivity index (χ0v) is 18.3. The van der Waals surface area contributed by atoms with Crippen LogP contribution in [0.5, 0.6) is 0 Å². The maximum Gasteiger partial charge on any atom is 0.259 e. The molecule has 1 atom stereocenters. The number of benzene rings is 1. The molecule has 0 saturated heterocycles. The highest BCUT2D eigenvalue weighted by Gasteiger charge is 2.23. The Labute approximate surface area is 187 Å². The molecule has 0 fully saturated rings. The maximum absolute atomic E-state index is 13.6. The van der Waals surface area contributed by atoms with E-state index < -0.39 is 0 Å². The fraction of sp³-hybridized carbons (Fsp3) is 0.174. The maximum atomic E-state index is 13.6. The summed E-state index contributed by atoms with van der Waals surface area (Å²) in [6.07, 6.45) is 3.11. The largest absolute Gasteiger partial charge is 0.343 e. The number of aryl methyl sites for hydroxylation is 2. The Bertz CT molecular complexity index is 1370. The van der Waals surface area contributed by atoms with Gasteiger partial charge in [0.1, 0.15) is 12.7 Å². The van der Waals surface area contributed by atoms with Crippen molar-refractivity contribution in [3.63, 3.8) is 0 Å². The number of nitrogens with one attached hydrogen (secondary N) is 1. The Balaban J connectivity index is 1.54. The minimum absolute atomic E-state index is 0.229. The average molecular weight is 445 g/mol. The summed E-state index contributed by atoms with van der Waals surface area (Å²) >= 11 is 1.62. The molecule has 8 nitrogen and oxygen atoms in total. The minimum Gasteiger partial charge on any atom is -0.343 e. The summed E-state index contributed by atoms with van der Waals surface area (Å²) in [7, 11) is 0. The number of carbonyl (C=O) groups is 1. The molecule has 1 N–H and O–H groups in total. The second-order valence-electron chi connectivity index (χ2n) is 7.47. The van der Waals surface area contributed by atoms with Gasteiger partial charge in [-0.3, -0.25) is 9.48 Å². The lowest BCUT2D eigenvalue weighted by atomic mass is 10.0. The van der Waals surface area contributed by atoms with E-state index in [0.29, 0.717) is 34.6 Å². The van der Waals surface area contributed by atoms with E-state index >= 15 is 0 Å². The van der Waals surface area contributed by atoms with Gasteiger partial charge in [0.25, 0.3) is 11.6 Å². The molecule has 0 aliphatic rings. The third-order valence-corrected chi connectivity index (χ3v) is 6.22. The van der Waals surface area contributed by atoms with Gasteiger partial charge < -0.3 is 9.84 Å². The van der Waals surface area contributed by atoms with Crippen LogP contribution < -0.4 is 5.32 Å². The number of rotatable bonds is 6. The fourth-order valence-corrected chi connectivity index (χ4v) is 4.47. The van der Waals surface area contributed by atoms with Crippen LogP contribution in [0.1, 0.15) is 32.5 Å². The SMILES string of the molecule is Cc1ccc(-c2cc(C(=O)NC(Cn3cncn3)c3ccccc3)c3c(C)noc3n2)s1. The van der Waals surface area contributed by atoms with Crippen molar-refractivity contribution in [3.8, 4) is 10.6 Å². The van der Waals surface area contributed by atoms with Crippen LogP contribution in [-0.2, 0) is 6.54 Å².